The van der Waals surface area contributed by atoms with Crippen molar-refractivity contribution in [3.05, 3.63) is 33.3 Å². The van der Waals surface area contributed by atoms with Gasteiger partial charge in [-0.2, -0.15) is 0 Å². The number of benzene rings is 1. The fourth-order valence-electron chi connectivity index (χ4n) is 1.71. The van der Waals surface area contributed by atoms with Crippen LogP contribution in [-0.2, 0) is 0 Å². The van der Waals surface area contributed by atoms with Gasteiger partial charge in [0, 0.05) is 11.0 Å². The molecule has 1 rings (SSSR count). The van der Waals surface area contributed by atoms with Crippen LogP contribution in [0.1, 0.15) is 37.6 Å². The zero-order valence-electron chi connectivity index (χ0n) is 11.3. The van der Waals surface area contributed by atoms with E-state index < -0.39 is 0 Å². The molecule has 0 aliphatic carbocycles. The van der Waals surface area contributed by atoms with Gasteiger partial charge in [0.1, 0.15) is 0 Å². The molecule has 0 fully saturated rings. The van der Waals surface area contributed by atoms with Crippen molar-refractivity contribution in [3.63, 3.8) is 0 Å². The van der Waals surface area contributed by atoms with Gasteiger partial charge in [0.05, 0.1) is 16.0 Å². The molecule has 0 saturated heterocycles. The minimum Gasteiger partial charge on any atom is -0.351 e. The molecule has 106 valence electrons. The van der Waals surface area contributed by atoms with Gasteiger partial charge in [-0.1, -0.05) is 38.4 Å². The highest BCUT2D eigenvalue weighted by molar-refractivity contribution is 9.10. The Morgan fingerprint density at radius 1 is 1.42 bits per heavy atom. The molecule has 0 radical (unpaired) electrons. The van der Waals surface area contributed by atoms with Crippen LogP contribution in [0.3, 0.4) is 0 Å². The molecule has 0 aliphatic rings. The van der Waals surface area contributed by atoms with E-state index in [4.69, 9.17) is 23.2 Å². The fraction of sp³-hybridized carbons (Fsp3) is 0.500. The second kappa shape index (κ2) is 6.96. The summed E-state index contributed by atoms with van der Waals surface area (Å²) in [5, 5.41) is 3.14. The van der Waals surface area contributed by atoms with E-state index in [9.17, 15) is 4.79 Å². The molecule has 5 heteroatoms. The molecule has 1 aromatic rings. The maximum atomic E-state index is 12.0. The van der Waals surface area contributed by atoms with Gasteiger partial charge < -0.3 is 5.32 Å². The lowest BCUT2D eigenvalue weighted by Gasteiger charge is -2.22. The van der Waals surface area contributed by atoms with E-state index in [0.29, 0.717) is 21.6 Å². The number of rotatable bonds is 4. The summed E-state index contributed by atoms with van der Waals surface area (Å²) in [6.07, 6.45) is 0.834. The Bertz CT molecular complexity index is 457. The van der Waals surface area contributed by atoms with Crippen LogP contribution in [0.15, 0.2) is 22.7 Å². The van der Waals surface area contributed by atoms with Crippen molar-refractivity contribution < 1.29 is 4.79 Å². The highest BCUT2D eigenvalue weighted by Crippen LogP contribution is 2.26. The molecule has 19 heavy (non-hydrogen) atoms. The first kappa shape index (κ1) is 16.8. The van der Waals surface area contributed by atoms with Crippen LogP contribution in [0.25, 0.3) is 0 Å². The minimum absolute atomic E-state index is 0.0881. The summed E-state index contributed by atoms with van der Waals surface area (Å²) in [5.74, 6) is -0.203. The average Bonchev–Trinajstić information content (AvgIpc) is 2.27. The molecule has 0 aliphatic heterocycles. The number of nitrogens with one attached hydrogen (secondary N) is 1. The Hall–Kier alpha value is -0.250. The molecular formula is C14H18BrCl2NO. The second-order valence-corrected chi connectivity index (χ2v) is 7.52. The number of amides is 1. The third-order valence-corrected chi connectivity index (χ3v) is 4.12. The largest absolute Gasteiger partial charge is 0.351 e. The summed E-state index contributed by atoms with van der Waals surface area (Å²) in [4.78, 5) is 12.0. The highest BCUT2D eigenvalue weighted by Gasteiger charge is 2.18. The summed E-state index contributed by atoms with van der Waals surface area (Å²) in [5.41, 5.74) is 0.598. The molecule has 1 N–H and O–H groups in total. The quantitative estimate of drug-likeness (QED) is 0.756. The lowest BCUT2D eigenvalue weighted by Crippen LogP contribution is -2.31. The number of carbonyl (C=O) groups excluding carboxylic acids is 1. The van der Waals surface area contributed by atoms with Gasteiger partial charge in [0.2, 0.25) is 0 Å². The van der Waals surface area contributed by atoms with Crippen LogP contribution in [-0.4, -0.2) is 17.8 Å². The Kier molecular flexibility index (Phi) is 6.15. The van der Waals surface area contributed by atoms with Gasteiger partial charge >= 0.3 is 0 Å². The van der Waals surface area contributed by atoms with Crippen molar-refractivity contribution in [1.82, 2.24) is 5.32 Å². The van der Waals surface area contributed by atoms with E-state index in [1.54, 1.807) is 18.2 Å². The fourth-order valence-corrected chi connectivity index (χ4v) is 2.83. The van der Waals surface area contributed by atoms with Crippen molar-refractivity contribution in [3.8, 4) is 0 Å². The Morgan fingerprint density at radius 2 is 2.05 bits per heavy atom. The molecule has 1 unspecified atom stereocenters. The number of alkyl halides is 1. The third kappa shape index (κ3) is 5.72. The topological polar surface area (TPSA) is 29.1 Å². The first-order valence-corrected chi connectivity index (χ1v) is 7.68. The zero-order chi connectivity index (χ0) is 14.6. The van der Waals surface area contributed by atoms with Crippen LogP contribution in [0, 0.1) is 5.41 Å². The zero-order valence-corrected chi connectivity index (χ0v) is 14.4. The Labute approximate surface area is 133 Å². The van der Waals surface area contributed by atoms with Crippen molar-refractivity contribution >= 4 is 45.0 Å². The lowest BCUT2D eigenvalue weighted by atomic mass is 9.90. The molecule has 1 aromatic carbocycles. The summed E-state index contributed by atoms with van der Waals surface area (Å²) >= 11 is 15.6. The van der Waals surface area contributed by atoms with Crippen molar-refractivity contribution in [2.24, 2.45) is 5.41 Å². The molecule has 0 spiro atoms. The number of halogens is 3. The van der Waals surface area contributed by atoms with E-state index in [2.05, 4.69) is 42.0 Å². The van der Waals surface area contributed by atoms with E-state index in [1.165, 1.54) is 0 Å². The van der Waals surface area contributed by atoms with Crippen LogP contribution in [0.5, 0.6) is 0 Å². The first-order chi connectivity index (χ1) is 8.70. The minimum atomic E-state index is -0.203. The van der Waals surface area contributed by atoms with Crippen molar-refractivity contribution in [2.45, 2.75) is 32.6 Å². The third-order valence-electron chi connectivity index (χ3n) is 2.51. The van der Waals surface area contributed by atoms with E-state index in [-0.39, 0.29) is 16.7 Å². The number of carbonyl (C=O) groups is 1. The van der Waals surface area contributed by atoms with Gasteiger partial charge in [-0.05, 0) is 39.9 Å². The van der Waals surface area contributed by atoms with Gasteiger partial charge in [-0.25, -0.2) is 0 Å². The SMILES string of the molecule is CC(C)(C)CC(Cl)CNC(=O)c1cccc(Br)c1Cl. The lowest BCUT2D eigenvalue weighted by molar-refractivity contribution is 0.0952. The van der Waals surface area contributed by atoms with Gasteiger partial charge in [0.25, 0.3) is 5.91 Å². The summed E-state index contributed by atoms with van der Waals surface area (Å²) < 4.78 is 0.707. The normalized spacial score (nSPS) is 13.2. The van der Waals surface area contributed by atoms with Gasteiger partial charge in [0.15, 0.2) is 0 Å². The first-order valence-electron chi connectivity index (χ1n) is 6.07. The van der Waals surface area contributed by atoms with Crippen LogP contribution in [0.2, 0.25) is 5.02 Å². The highest BCUT2D eigenvalue weighted by atomic mass is 79.9. The smallest absolute Gasteiger partial charge is 0.252 e. The van der Waals surface area contributed by atoms with Crippen molar-refractivity contribution in [1.29, 1.82) is 0 Å². The summed E-state index contributed by atoms with van der Waals surface area (Å²) in [7, 11) is 0. The maximum Gasteiger partial charge on any atom is 0.252 e. The van der Waals surface area contributed by atoms with Gasteiger partial charge in [-0.3, -0.25) is 4.79 Å². The van der Waals surface area contributed by atoms with E-state index in [0.717, 1.165) is 6.42 Å². The molecule has 2 nitrogen and oxygen atoms in total. The molecule has 0 saturated carbocycles. The maximum absolute atomic E-state index is 12.0. The van der Waals surface area contributed by atoms with E-state index >= 15 is 0 Å². The Balaban J connectivity index is 2.59. The van der Waals surface area contributed by atoms with Crippen LogP contribution < -0.4 is 5.32 Å². The van der Waals surface area contributed by atoms with E-state index in [1.807, 2.05) is 0 Å². The van der Waals surface area contributed by atoms with Crippen LogP contribution in [0.4, 0.5) is 0 Å². The second-order valence-electron chi connectivity index (χ2n) is 5.67. The molecular weight excluding hydrogens is 349 g/mol. The monoisotopic (exact) mass is 365 g/mol. The molecule has 1 atom stereocenters. The molecule has 1 amide bonds. The summed E-state index contributed by atoms with van der Waals surface area (Å²) in [6.45, 7) is 6.79. The molecule has 0 heterocycles. The van der Waals surface area contributed by atoms with Crippen molar-refractivity contribution in [2.75, 3.05) is 6.54 Å². The van der Waals surface area contributed by atoms with Crippen LogP contribution >= 0.6 is 39.1 Å². The summed E-state index contributed by atoms with van der Waals surface area (Å²) in [6, 6.07) is 5.26. The van der Waals surface area contributed by atoms with Gasteiger partial charge in [-0.15, -0.1) is 11.6 Å². The predicted octanol–water partition coefficient (Wildman–Crippen LogP) is 4.88. The Morgan fingerprint density at radius 3 is 2.63 bits per heavy atom. The predicted molar refractivity (Wildman–Crippen MR) is 85.2 cm³/mol. The standard InChI is InChI=1S/C14H18BrCl2NO/c1-14(2,3)7-9(16)8-18-13(19)10-5-4-6-11(15)12(10)17/h4-6,9H,7-8H2,1-3H3,(H,18,19). The number of hydrogen-bond acceptors (Lipinski definition) is 1. The average molecular weight is 367 g/mol. The molecule has 0 aromatic heterocycles. The number of hydrogen-bond donors (Lipinski definition) is 1. The molecule has 0 bridgehead atoms.